The Kier molecular flexibility index (Phi) is 5.15. The van der Waals surface area contributed by atoms with Gasteiger partial charge >= 0.3 is 0 Å². The Morgan fingerprint density at radius 1 is 1.17 bits per heavy atom. The molecule has 0 aliphatic heterocycles. The average molecular weight is 371 g/mol. The first-order valence-corrected chi connectivity index (χ1v) is 8.78. The van der Waals surface area contributed by atoms with Gasteiger partial charge in [-0.05, 0) is 48.9 Å². The molecule has 0 saturated carbocycles. The van der Waals surface area contributed by atoms with Crippen molar-refractivity contribution in [1.82, 2.24) is 4.90 Å². The molecule has 24 heavy (non-hydrogen) atoms. The molecule has 0 unspecified atom stereocenters. The molecular formula is C16H16ClFN2O3S. The van der Waals surface area contributed by atoms with Crippen LogP contribution in [0.1, 0.15) is 15.9 Å². The van der Waals surface area contributed by atoms with Crippen LogP contribution in [-0.4, -0.2) is 33.3 Å². The highest BCUT2D eigenvalue weighted by Crippen LogP contribution is 2.24. The zero-order chi connectivity index (χ0) is 18.1. The van der Waals surface area contributed by atoms with Crippen molar-refractivity contribution >= 4 is 33.2 Å². The van der Waals surface area contributed by atoms with E-state index in [0.717, 1.165) is 6.07 Å². The molecule has 128 valence electrons. The maximum Gasteiger partial charge on any atom is 0.261 e. The van der Waals surface area contributed by atoms with Gasteiger partial charge in [0.25, 0.3) is 15.9 Å². The fraction of sp³-hybridized carbons (Fsp3) is 0.188. The van der Waals surface area contributed by atoms with Gasteiger partial charge in [-0.2, -0.15) is 0 Å². The summed E-state index contributed by atoms with van der Waals surface area (Å²) in [5, 5.41) is 0.129. The van der Waals surface area contributed by atoms with Gasteiger partial charge in [0.1, 0.15) is 5.82 Å². The number of halogens is 2. The molecule has 2 aromatic carbocycles. The second-order valence-corrected chi connectivity index (χ2v) is 7.50. The monoisotopic (exact) mass is 370 g/mol. The predicted molar refractivity (Wildman–Crippen MR) is 91.4 cm³/mol. The SMILES string of the molecule is Cc1cc(S(=O)(=O)Nc2ccc(C(=O)N(C)C)c(Cl)c2)ccc1F. The number of amides is 1. The Morgan fingerprint density at radius 2 is 1.83 bits per heavy atom. The van der Waals surface area contributed by atoms with Gasteiger partial charge in [-0.3, -0.25) is 9.52 Å². The predicted octanol–water partition coefficient (Wildman–Crippen LogP) is 3.29. The third-order valence-electron chi connectivity index (χ3n) is 3.30. The van der Waals surface area contributed by atoms with Gasteiger partial charge in [0.05, 0.1) is 21.2 Å². The summed E-state index contributed by atoms with van der Waals surface area (Å²) in [6.45, 7) is 1.48. The number of nitrogens with one attached hydrogen (secondary N) is 1. The fourth-order valence-electron chi connectivity index (χ4n) is 1.99. The number of aryl methyl sites for hydroxylation is 1. The van der Waals surface area contributed by atoms with Crippen LogP contribution in [0.2, 0.25) is 5.02 Å². The van der Waals surface area contributed by atoms with Crippen LogP contribution in [0, 0.1) is 12.7 Å². The number of carbonyl (C=O) groups is 1. The van der Waals surface area contributed by atoms with Crippen LogP contribution >= 0.6 is 11.6 Å². The molecule has 0 atom stereocenters. The van der Waals surface area contributed by atoms with Crippen molar-refractivity contribution in [1.29, 1.82) is 0 Å². The van der Waals surface area contributed by atoms with E-state index < -0.39 is 15.8 Å². The van der Waals surface area contributed by atoms with Crippen molar-refractivity contribution in [2.45, 2.75) is 11.8 Å². The molecule has 0 fully saturated rings. The highest BCUT2D eigenvalue weighted by atomic mass is 35.5. The largest absolute Gasteiger partial charge is 0.345 e. The summed E-state index contributed by atoms with van der Waals surface area (Å²) in [6.07, 6.45) is 0. The first-order chi connectivity index (χ1) is 11.1. The minimum absolute atomic E-state index is 0.0639. The summed E-state index contributed by atoms with van der Waals surface area (Å²) in [6, 6.07) is 7.75. The van der Waals surface area contributed by atoms with Gasteiger partial charge in [-0.25, -0.2) is 12.8 Å². The summed E-state index contributed by atoms with van der Waals surface area (Å²) in [5.74, 6) is -0.771. The standard InChI is InChI=1S/C16H16ClFN2O3S/c1-10-8-12(5-7-15(10)18)24(22,23)19-11-4-6-13(14(17)9-11)16(21)20(2)3/h4-9,19H,1-3H3. The van der Waals surface area contributed by atoms with Crippen molar-refractivity contribution < 1.29 is 17.6 Å². The van der Waals surface area contributed by atoms with E-state index in [4.69, 9.17) is 11.6 Å². The van der Waals surface area contributed by atoms with E-state index in [1.165, 1.54) is 42.2 Å². The van der Waals surface area contributed by atoms with Crippen molar-refractivity contribution in [3.8, 4) is 0 Å². The number of sulfonamides is 1. The van der Waals surface area contributed by atoms with Gasteiger partial charge in [0, 0.05) is 14.1 Å². The number of benzene rings is 2. The van der Waals surface area contributed by atoms with Crippen LogP contribution in [0.3, 0.4) is 0 Å². The van der Waals surface area contributed by atoms with Crippen LogP contribution in [-0.2, 0) is 10.0 Å². The lowest BCUT2D eigenvalue weighted by molar-refractivity contribution is 0.0828. The molecule has 5 nitrogen and oxygen atoms in total. The van der Waals surface area contributed by atoms with Crippen LogP contribution in [0.5, 0.6) is 0 Å². The quantitative estimate of drug-likeness (QED) is 0.898. The fourth-order valence-corrected chi connectivity index (χ4v) is 3.39. The second kappa shape index (κ2) is 6.78. The first-order valence-electron chi connectivity index (χ1n) is 6.92. The second-order valence-electron chi connectivity index (χ2n) is 5.41. The van der Waals surface area contributed by atoms with Crippen LogP contribution in [0.4, 0.5) is 10.1 Å². The number of nitrogens with zero attached hydrogens (tertiary/aromatic N) is 1. The molecule has 0 radical (unpaired) electrons. The summed E-state index contributed by atoms with van der Waals surface area (Å²) < 4.78 is 40.3. The average Bonchev–Trinajstić information content (AvgIpc) is 2.49. The summed E-state index contributed by atoms with van der Waals surface area (Å²) in [7, 11) is -0.711. The van der Waals surface area contributed by atoms with Crippen molar-refractivity contribution in [3.05, 3.63) is 58.4 Å². The molecule has 8 heteroatoms. The molecule has 0 aliphatic rings. The van der Waals surface area contributed by atoms with E-state index in [1.807, 2.05) is 0 Å². The third kappa shape index (κ3) is 3.85. The zero-order valence-corrected chi connectivity index (χ0v) is 14.9. The van der Waals surface area contributed by atoms with E-state index in [2.05, 4.69) is 4.72 Å². The van der Waals surface area contributed by atoms with Gasteiger partial charge in [0.2, 0.25) is 0 Å². The molecule has 2 aromatic rings. The Hall–Kier alpha value is -2.12. The lowest BCUT2D eigenvalue weighted by Crippen LogP contribution is -2.22. The maximum atomic E-state index is 13.3. The van der Waals surface area contributed by atoms with Gasteiger partial charge in [-0.1, -0.05) is 11.6 Å². The van der Waals surface area contributed by atoms with E-state index in [9.17, 15) is 17.6 Å². The first kappa shape index (κ1) is 18.2. The summed E-state index contributed by atoms with van der Waals surface area (Å²) in [4.78, 5) is 13.2. The maximum absolute atomic E-state index is 13.3. The van der Waals surface area contributed by atoms with Crippen molar-refractivity contribution in [2.75, 3.05) is 18.8 Å². The molecule has 0 spiro atoms. The number of hydrogen-bond acceptors (Lipinski definition) is 3. The van der Waals surface area contributed by atoms with Crippen LogP contribution < -0.4 is 4.72 Å². The normalized spacial score (nSPS) is 11.2. The molecule has 0 aliphatic carbocycles. The molecular weight excluding hydrogens is 355 g/mol. The lowest BCUT2D eigenvalue weighted by atomic mass is 10.2. The molecule has 0 aromatic heterocycles. The number of hydrogen-bond donors (Lipinski definition) is 1. The molecule has 1 amide bonds. The summed E-state index contributed by atoms with van der Waals surface area (Å²) >= 11 is 6.06. The zero-order valence-electron chi connectivity index (χ0n) is 13.3. The molecule has 2 rings (SSSR count). The lowest BCUT2D eigenvalue weighted by Gasteiger charge is -2.13. The van der Waals surface area contributed by atoms with Crippen LogP contribution in [0.15, 0.2) is 41.3 Å². The Morgan fingerprint density at radius 3 is 2.38 bits per heavy atom. The molecule has 0 saturated heterocycles. The van der Waals surface area contributed by atoms with Crippen molar-refractivity contribution in [3.63, 3.8) is 0 Å². The number of anilines is 1. The molecule has 1 N–H and O–H groups in total. The minimum Gasteiger partial charge on any atom is -0.345 e. The Bertz CT molecular complexity index is 898. The topological polar surface area (TPSA) is 66.5 Å². The van der Waals surface area contributed by atoms with E-state index in [1.54, 1.807) is 14.1 Å². The highest BCUT2D eigenvalue weighted by Gasteiger charge is 2.18. The van der Waals surface area contributed by atoms with Gasteiger partial charge in [-0.15, -0.1) is 0 Å². The minimum atomic E-state index is -3.89. The van der Waals surface area contributed by atoms with Gasteiger partial charge in [0.15, 0.2) is 0 Å². The number of rotatable bonds is 4. The molecule has 0 bridgehead atoms. The Balaban J connectivity index is 2.31. The van der Waals surface area contributed by atoms with Crippen LogP contribution in [0.25, 0.3) is 0 Å². The van der Waals surface area contributed by atoms with E-state index in [0.29, 0.717) is 0 Å². The highest BCUT2D eigenvalue weighted by molar-refractivity contribution is 7.92. The van der Waals surface area contributed by atoms with E-state index in [-0.39, 0.29) is 32.6 Å². The smallest absolute Gasteiger partial charge is 0.261 e. The van der Waals surface area contributed by atoms with E-state index >= 15 is 0 Å². The van der Waals surface area contributed by atoms with Crippen molar-refractivity contribution in [2.24, 2.45) is 0 Å². The number of carbonyl (C=O) groups excluding carboxylic acids is 1. The molecule has 0 heterocycles. The summed E-state index contributed by atoms with van der Waals surface area (Å²) in [5.41, 5.74) is 0.697. The third-order valence-corrected chi connectivity index (χ3v) is 4.99. The van der Waals surface area contributed by atoms with Gasteiger partial charge < -0.3 is 4.90 Å². The Labute approximate surface area is 145 Å².